The maximum absolute atomic E-state index is 5.86. The first-order valence-corrected chi connectivity index (χ1v) is 8.88. The number of aryl methyl sites for hydroxylation is 1. The van der Waals surface area contributed by atoms with Crippen LogP contribution in [0.3, 0.4) is 0 Å². The van der Waals surface area contributed by atoms with E-state index in [2.05, 4.69) is 26.4 Å². The van der Waals surface area contributed by atoms with Gasteiger partial charge >= 0.3 is 0 Å². The predicted octanol–water partition coefficient (Wildman–Crippen LogP) is 3.12. The Morgan fingerprint density at radius 1 is 1.27 bits per heavy atom. The molecule has 22 heavy (non-hydrogen) atoms. The number of thiophene rings is 1. The quantitative estimate of drug-likeness (QED) is 0.417. The van der Waals surface area contributed by atoms with Crippen LogP contribution in [0.4, 0.5) is 5.82 Å². The smallest absolute Gasteiger partial charge is 0.190 e. The number of hydrogen-bond donors (Lipinski definition) is 2. The zero-order valence-corrected chi connectivity index (χ0v) is 14.0. The van der Waals surface area contributed by atoms with Crippen molar-refractivity contribution in [3.8, 4) is 0 Å². The van der Waals surface area contributed by atoms with Crippen molar-refractivity contribution in [1.82, 2.24) is 15.0 Å². The molecule has 5 nitrogen and oxygen atoms in total. The van der Waals surface area contributed by atoms with Crippen LogP contribution >= 0.6 is 34.7 Å². The number of nitrogens with two attached hydrogens (primary N) is 2. The van der Waals surface area contributed by atoms with Gasteiger partial charge in [0.25, 0.3) is 0 Å². The second-order valence-electron chi connectivity index (χ2n) is 4.63. The van der Waals surface area contributed by atoms with Crippen molar-refractivity contribution >= 4 is 50.6 Å². The van der Waals surface area contributed by atoms with Gasteiger partial charge in [-0.15, -0.1) is 11.3 Å². The fourth-order valence-corrected chi connectivity index (χ4v) is 4.04. The average molecular weight is 352 g/mol. The van der Waals surface area contributed by atoms with Gasteiger partial charge in [0.15, 0.2) is 5.16 Å². The van der Waals surface area contributed by atoms with Crippen molar-refractivity contribution in [3.05, 3.63) is 40.1 Å². The van der Waals surface area contributed by atoms with Crippen LogP contribution in [0, 0.1) is 0 Å². The van der Waals surface area contributed by atoms with Crippen molar-refractivity contribution in [2.45, 2.75) is 18.1 Å². The summed E-state index contributed by atoms with van der Waals surface area (Å²) < 4.78 is 1.17. The molecule has 0 aliphatic carbocycles. The van der Waals surface area contributed by atoms with Gasteiger partial charge in [0.2, 0.25) is 0 Å². The predicted molar refractivity (Wildman–Crippen MR) is 93.4 cm³/mol. The SMILES string of the molecule is NCc1csc2cnc(CCSc3nc(N)cc(Cl)n3)cc12. The third kappa shape index (κ3) is 3.49. The summed E-state index contributed by atoms with van der Waals surface area (Å²) in [5, 5.41) is 4.24. The molecule has 3 rings (SSSR count). The Bertz CT molecular complexity index is 785. The Morgan fingerprint density at radius 2 is 2.14 bits per heavy atom. The molecule has 0 fully saturated rings. The second kappa shape index (κ2) is 6.78. The highest BCUT2D eigenvalue weighted by atomic mass is 35.5. The molecule has 3 aromatic heterocycles. The maximum Gasteiger partial charge on any atom is 0.190 e. The van der Waals surface area contributed by atoms with Crippen molar-refractivity contribution in [1.29, 1.82) is 0 Å². The summed E-state index contributed by atoms with van der Waals surface area (Å²) in [6.07, 6.45) is 2.73. The topological polar surface area (TPSA) is 90.7 Å². The average Bonchev–Trinajstić information content (AvgIpc) is 2.88. The molecule has 0 bridgehead atoms. The molecule has 3 aromatic rings. The van der Waals surface area contributed by atoms with Crippen LogP contribution in [0.2, 0.25) is 5.15 Å². The van der Waals surface area contributed by atoms with E-state index < -0.39 is 0 Å². The molecular weight excluding hydrogens is 338 g/mol. The highest BCUT2D eigenvalue weighted by Gasteiger charge is 2.06. The molecule has 0 amide bonds. The standard InChI is InChI=1S/C14H14ClN5S2/c15-12-4-13(17)20-14(19-12)21-2-1-9-3-10-8(5-16)7-22-11(10)6-18-9/h3-4,6-7H,1-2,5,16H2,(H2,17,19,20). The Morgan fingerprint density at radius 3 is 2.91 bits per heavy atom. The molecule has 4 N–H and O–H groups in total. The lowest BCUT2D eigenvalue weighted by Gasteiger charge is -2.03. The van der Waals surface area contributed by atoms with E-state index in [9.17, 15) is 0 Å². The molecule has 3 heterocycles. The van der Waals surface area contributed by atoms with Crippen LogP contribution < -0.4 is 11.5 Å². The first-order chi connectivity index (χ1) is 10.7. The van der Waals surface area contributed by atoms with Gasteiger partial charge in [0.05, 0.1) is 4.70 Å². The number of nitrogens with zero attached hydrogens (tertiary/aromatic N) is 3. The van der Waals surface area contributed by atoms with E-state index in [0.29, 0.717) is 22.7 Å². The molecule has 0 unspecified atom stereocenters. The molecule has 114 valence electrons. The fourth-order valence-electron chi connectivity index (χ4n) is 2.05. The van der Waals surface area contributed by atoms with Gasteiger partial charge in [-0.25, -0.2) is 9.97 Å². The molecule has 0 aliphatic heterocycles. The van der Waals surface area contributed by atoms with Crippen molar-refractivity contribution in [2.24, 2.45) is 5.73 Å². The van der Waals surface area contributed by atoms with Gasteiger partial charge in [0, 0.05) is 35.6 Å². The normalized spacial score (nSPS) is 11.2. The summed E-state index contributed by atoms with van der Waals surface area (Å²) in [4.78, 5) is 12.8. The lowest BCUT2D eigenvalue weighted by molar-refractivity contribution is 0.969. The summed E-state index contributed by atoms with van der Waals surface area (Å²) >= 11 is 9.05. The molecule has 8 heteroatoms. The molecule has 0 saturated heterocycles. The van der Waals surface area contributed by atoms with E-state index in [1.807, 2.05) is 6.20 Å². The molecule has 0 spiro atoms. The first kappa shape index (κ1) is 15.5. The van der Waals surface area contributed by atoms with E-state index in [1.165, 1.54) is 33.5 Å². The molecule has 0 aromatic carbocycles. The van der Waals surface area contributed by atoms with E-state index in [0.717, 1.165) is 17.9 Å². The minimum atomic E-state index is 0.361. The molecule has 0 aliphatic rings. The van der Waals surface area contributed by atoms with Crippen molar-refractivity contribution in [2.75, 3.05) is 11.5 Å². The Kier molecular flexibility index (Phi) is 4.77. The fraction of sp³-hybridized carbons (Fsp3) is 0.214. The number of halogens is 1. The highest BCUT2D eigenvalue weighted by molar-refractivity contribution is 7.99. The number of rotatable bonds is 5. The lowest BCUT2D eigenvalue weighted by Crippen LogP contribution is -1.98. The first-order valence-electron chi connectivity index (χ1n) is 6.63. The number of fused-ring (bicyclic) bond motifs is 1. The summed E-state index contributed by atoms with van der Waals surface area (Å²) in [5.74, 6) is 1.19. The van der Waals surface area contributed by atoms with Crippen LogP contribution in [-0.4, -0.2) is 20.7 Å². The monoisotopic (exact) mass is 351 g/mol. The zero-order valence-electron chi connectivity index (χ0n) is 11.6. The van der Waals surface area contributed by atoms with Gasteiger partial charge < -0.3 is 11.5 Å². The van der Waals surface area contributed by atoms with Gasteiger partial charge in [0.1, 0.15) is 11.0 Å². The second-order valence-corrected chi connectivity index (χ2v) is 6.99. The van der Waals surface area contributed by atoms with Gasteiger partial charge in [-0.3, -0.25) is 4.98 Å². The summed E-state index contributed by atoms with van der Waals surface area (Å²) in [5.41, 5.74) is 13.6. The van der Waals surface area contributed by atoms with Crippen LogP contribution in [0.25, 0.3) is 10.1 Å². The number of aromatic nitrogens is 3. The third-order valence-electron chi connectivity index (χ3n) is 3.10. The van der Waals surface area contributed by atoms with Crippen molar-refractivity contribution < 1.29 is 0 Å². The van der Waals surface area contributed by atoms with E-state index in [1.54, 1.807) is 11.3 Å². The Hall–Kier alpha value is -1.41. The number of nitrogen functional groups attached to an aromatic ring is 1. The number of pyridine rings is 1. The van der Waals surface area contributed by atoms with Crippen LogP contribution in [0.1, 0.15) is 11.3 Å². The Balaban J connectivity index is 1.68. The Labute approximate surface area is 141 Å². The molecule has 0 saturated carbocycles. The van der Waals surface area contributed by atoms with Crippen LogP contribution in [-0.2, 0) is 13.0 Å². The lowest BCUT2D eigenvalue weighted by atomic mass is 10.1. The molecule has 0 atom stereocenters. The number of hydrogen-bond acceptors (Lipinski definition) is 7. The van der Waals surface area contributed by atoms with Gasteiger partial charge in [-0.05, 0) is 23.4 Å². The van der Waals surface area contributed by atoms with Crippen LogP contribution in [0.5, 0.6) is 0 Å². The third-order valence-corrected chi connectivity index (χ3v) is 5.13. The van der Waals surface area contributed by atoms with E-state index >= 15 is 0 Å². The molecule has 0 radical (unpaired) electrons. The van der Waals surface area contributed by atoms with Gasteiger partial charge in [-0.2, -0.15) is 0 Å². The number of anilines is 1. The summed E-state index contributed by atoms with van der Waals surface area (Å²) in [7, 11) is 0. The largest absolute Gasteiger partial charge is 0.384 e. The van der Waals surface area contributed by atoms with Crippen LogP contribution in [0.15, 0.2) is 28.9 Å². The minimum absolute atomic E-state index is 0.361. The highest BCUT2D eigenvalue weighted by Crippen LogP contribution is 2.26. The van der Waals surface area contributed by atoms with Gasteiger partial charge in [-0.1, -0.05) is 23.4 Å². The van der Waals surface area contributed by atoms with E-state index in [-0.39, 0.29) is 0 Å². The van der Waals surface area contributed by atoms with E-state index in [4.69, 9.17) is 23.1 Å². The summed E-state index contributed by atoms with van der Waals surface area (Å²) in [6.45, 7) is 0.549. The van der Waals surface area contributed by atoms with Crippen molar-refractivity contribution in [3.63, 3.8) is 0 Å². The minimum Gasteiger partial charge on any atom is -0.384 e. The zero-order chi connectivity index (χ0) is 15.5. The maximum atomic E-state index is 5.86. The summed E-state index contributed by atoms with van der Waals surface area (Å²) in [6, 6.07) is 3.65. The number of thioether (sulfide) groups is 1. The molecular formula is C14H14ClN5S2.